The molecule has 0 aliphatic heterocycles. The van der Waals surface area contributed by atoms with E-state index in [1.165, 1.54) is 0 Å². The Labute approximate surface area is 96.0 Å². The molecule has 3 heterocycles. The number of fused-ring (bicyclic) bond motifs is 1. The Morgan fingerprint density at radius 2 is 1.88 bits per heavy atom. The van der Waals surface area contributed by atoms with E-state index in [0.29, 0.717) is 17.8 Å². The van der Waals surface area contributed by atoms with Gasteiger partial charge in [-0.15, -0.1) is 0 Å². The fraction of sp³-hybridized carbons (Fsp3) is 0.0909. The Bertz CT molecular complexity index is 700. The van der Waals surface area contributed by atoms with Gasteiger partial charge in [-0.2, -0.15) is 0 Å². The summed E-state index contributed by atoms with van der Waals surface area (Å²) in [7, 11) is 0. The molecule has 0 aromatic carbocycles. The lowest BCUT2D eigenvalue weighted by atomic mass is 10.3. The van der Waals surface area contributed by atoms with E-state index in [9.17, 15) is 4.79 Å². The lowest BCUT2D eigenvalue weighted by molar-refractivity contribution is 0.776. The third-order valence-electron chi connectivity index (χ3n) is 2.50. The number of pyridine rings is 1. The Kier molecular flexibility index (Phi) is 2.18. The monoisotopic (exact) mass is 227 g/mol. The van der Waals surface area contributed by atoms with E-state index < -0.39 is 0 Å². The average Bonchev–Trinajstić information content (AvgIpc) is 2.68. The van der Waals surface area contributed by atoms with Gasteiger partial charge in [0.2, 0.25) is 0 Å². The largest absolute Gasteiger partial charge is 0.329 e. The molecule has 1 N–H and O–H groups in total. The maximum atomic E-state index is 11.8. The molecular formula is C11H9N5O. The van der Waals surface area contributed by atoms with Gasteiger partial charge in [-0.3, -0.25) is 14.5 Å². The topological polar surface area (TPSA) is 76.5 Å². The van der Waals surface area contributed by atoms with Crippen molar-refractivity contribution in [2.24, 2.45) is 0 Å². The molecule has 0 aliphatic rings. The summed E-state index contributed by atoms with van der Waals surface area (Å²) < 4.78 is 1.55. The molecule has 0 spiro atoms. The minimum atomic E-state index is -0.206. The van der Waals surface area contributed by atoms with Crippen LogP contribution in [-0.2, 0) is 6.54 Å². The molecule has 0 amide bonds. The van der Waals surface area contributed by atoms with Crippen molar-refractivity contribution in [3.8, 4) is 0 Å². The highest BCUT2D eigenvalue weighted by atomic mass is 16.1. The van der Waals surface area contributed by atoms with Gasteiger partial charge in [-0.1, -0.05) is 0 Å². The molecule has 0 saturated carbocycles. The molecular weight excluding hydrogens is 218 g/mol. The SMILES string of the molecule is O=c1[nH]c2nccnc2n1Cc1ccncc1. The first kappa shape index (κ1) is 9.71. The molecule has 0 saturated heterocycles. The number of aromatic amines is 1. The second-order valence-electron chi connectivity index (χ2n) is 3.60. The summed E-state index contributed by atoms with van der Waals surface area (Å²) in [6.07, 6.45) is 6.51. The normalized spacial score (nSPS) is 10.8. The van der Waals surface area contributed by atoms with Gasteiger partial charge in [0.15, 0.2) is 11.3 Å². The van der Waals surface area contributed by atoms with E-state index >= 15 is 0 Å². The van der Waals surface area contributed by atoms with Gasteiger partial charge >= 0.3 is 5.69 Å². The number of nitrogens with one attached hydrogen (secondary N) is 1. The van der Waals surface area contributed by atoms with Crippen LogP contribution in [0, 0.1) is 0 Å². The third-order valence-corrected chi connectivity index (χ3v) is 2.50. The molecule has 6 heteroatoms. The van der Waals surface area contributed by atoms with Crippen LogP contribution in [0.5, 0.6) is 0 Å². The maximum absolute atomic E-state index is 11.8. The van der Waals surface area contributed by atoms with Crippen molar-refractivity contribution in [3.05, 3.63) is 53.0 Å². The summed E-state index contributed by atoms with van der Waals surface area (Å²) in [5.74, 6) is 0. The van der Waals surface area contributed by atoms with Gasteiger partial charge in [-0.25, -0.2) is 14.8 Å². The van der Waals surface area contributed by atoms with Gasteiger partial charge in [0.05, 0.1) is 6.54 Å². The van der Waals surface area contributed by atoms with Crippen LogP contribution in [-0.4, -0.2) is 24.5 Å². The van der Waals surface area contributed by atoms with Crippen molar-refractivity contribution in [2.75, 3.05) is 0 Å². The van der Waals surface area contributed by atoms with Gasteiger partial charge in [0, 0.05) is 24.8 Å². The Morgan fingerprint density at radius 1 is 1.12 bits per heavy atom. The van der Waals surface area contributed by atoms with Gasteiger partial charge < -0.3 is 0 Å². The summed E-state index contributed by atoms with van der Waals surface area (Å²) in [6, 6.07) is 3.73. The fourth-order valence-electron chi connectivity index (χ4n) is 1.70. The number of aromatic nitrogens is 5. The van der Waals surface area contributed by atoms with Crippen molar-refractivity contribution in [1.29, 1.82) is 0 Å². The summed E-state index contributed by atoms with van der Waals surface area (Å²) in [5.41, 5.74) is 1.86. The first-order valence-electron chi connectivity index (χ1n) is 5.13. The first-order valence-corrected chi connectivity index (χ1v) is 5.13. The van der Waals surface area contributed by atoms with Crippen molar-refractivity contribution in [1.82, 2.24) is 24.5 Å². The molecule has 0 atom stereocenters. The average molecular weight is 227 g/mol. The van der Waals surface area contributed by atoms with E-state index in [1.54, 1.807) is 29.4 Å². The molecule has 0 fully saturated rings. The zero-order valence-corrected chi connectivity index (χ0v) is 8.87. The molecule has 3 rings (SSSR count). The molecule has 0 unspecified atom stereocenters. The van der Waals surface area contributed by atoms with E-state index in [-0.39, 0.29) is 5.69 Å². The van der Waals surface area contributed by atoms with Gasteiger partial charge in [0.25, 0.3) is 0 Å². The van der Waals surface area contributed by atoms with E-state index in [4.69, 9.17) is 0 Å². The van der Waals surface area contributed by atoms with Crippen LogP contribution in [0.3, 0.4) is 0 Å². The van der Waals surface area contributed by atoms with Gasteiger partial charge in [0.1, 0.15) is 0 Å². The number of H-pyrrole nitrogens is 1. The number of rotatable bonds is 2. The lowest BCUT2D eigenvalue weighted by Crippen LogP contribution is -2.17. The summed E-state index contributed by atoms with van der Waals surface area (Å²) in [6.45, 7) is 0.458. The van der Waals surface area contributed by atoms with Crippen LogP contribution < -0.4 is 5.69 Å². The molecule has 3 aromatic heterocycles. The third kappa shape index (κ3) is 1.69. The van der Waals surface area contributed by atoms with Crippen molar-refractivity contribution in [2.45, 2.75) is 6.54 Å². The Hall–Kier alpha value is -2.50. The minimum absolute atomic E-state index is 0.206. The predicted molar refractivity (Wildman–Crippen MR) is 61.5 cm³/mol. The Morgan fingerprint density at radius 3 is 2.71 bits per heavy atom. The fourth-order valence-corrected chi connectivity index (χ4v) is 1.70. The van der Waals surface area contributed by atoms with Crippen LogP contribution in [0.1, 0.15) is 5.56 Å². The van der Waals surface area contributed by atoms with Crippen LogP contribution >= 0.6 is 0 Å². The van der Waals surface area contributed by atoms with Crippen molar-refractivity contribution >= 4 is 11.3 Å². The minimum Gasteiger partial charge on any atom is -0.289 e. The predicted octanol–water partition coefficient (Wildman–Crippen LogP) is 0.563. The molecule has 84 valence electrons. The number of hydrogen-bond acceptors (Lipinski definition) is 4. The van der Waals surface area contributed by atoms with Crippen molar-refractivity contribution in [3.63, 3.8) is 0 Å². The quantitative estimate of drug-likeness (QED) is 0.694. The zero-order chi connectivity index (χ0) is 11.7. The van der Waals surface area contributed by atoms with E-state index in [2.05, 4.69) is 19.9 Å². The molecule has 3 aromatic rings. The maximum Gasteiger partial charge on any atom is 0.329 e. The summed E-state index contributed by atoms with van der Waals surface area (Å²) in [5, 5.41) is 0. The standard InChI is InChI=1S/C11H9N5O/c17-11-15-9-10(14-6-5-13-9)16(11)7-8-1-3-12-4-2-8/h1-6H,7H2,(H,13,15,17). The van der Waals surface area contributed by atoms with Gasteiger partial charge in [-0.05, 0) is 17.7 Å². The van der Waals surface area contributed by atoms with E-state index in [1.807, 2.05) is 12.1 Å². The molecule has 0 radical (unpaired) electrons. The first-order chi connectivity index (χ1) is 8.34. The lowest BCUT2D eigenvalue weighted by Gasteiger charge is -2.01. The van der Waals surface area contributed by atoms with Crippen LogP contribution in [0.2, 0.25) is 0 Å². The highest BCUT2D eigenvalue weighted by Gasteiger charge is 2.08. The Balaban J connectivity index is 2.12. The number of nitrogens with zero attached hydrogens (tertiary/aromatic N) is 4. The molecule has 6 nitrogen and oxygen atoms in total. The molecule has 0 aliphatic carbocycles. The smallest absolute Gasteiger partial charge is 0.289 e. The highest BCUT2D eigenvalue weighted by Crippen LogP contribution is 2.05. The van der Waals surface area contributed by atoms with Crippen LogP contribution in [0.25, 0.3) is 11.3 Å². The molecule has 0 bridgehead atoms. The second kappa shape index (κ2) is 3.82. The summed E-state index contributed by atoms with van der Waals surface area (Å²) in [4.78, 5) is 26.6. The number of imidazole rings is 1. The zero-order valence-electron chi connectivity index (χ0n) is 8.87. The van der Waals surface area contributed by atoms with Crippen molar-refractivity contribution < 1.29 is 0 Å². The summed E-state index contributed by atoms with van der Waals surface area (Å²) >= 11 is 0. The van der Waals surface area contributed by atoms with E-state index in [0.717, 1.165) is 5.56 Å². The molecule has 17 heavy (non-hydrogen) atoms. The van der Waals surface area contributed by atoms with Crippen LogP contribution in [0.4, 0.5) is 0 Å². The number of hydrogen-bond donors (Lipinski definition) is 1. The highest BCUT2D eigenvalue weighted by molar-refractivity contribution is 5.64. The van der Waals surface area contributed by atoms with Crippen LogP contribution in [0.15, 0.2) is 41.7 Å². The second-order valence-corrected chi connectivity index (χ2v) is 3.60.